The van der Waals surface area contributed by atoms with Crippen LogP contribution in [0, 0.1) is 0 Å². The highest BCUT2D eigenvalue weighted by Crippen LogP contribution is 2.16. The van der Waals surface area contributed by atoms with Crippen LogP contribution >= 0.6 is 11.6 Å². The maximum atomic E-state index is 12.2. The summed E-state index contributed by atoms with van der Waals surface area (Å²) in [6, 6.07) is 6.97. The van der Waals surface area contributed by atoms with Crippen LogP contribution in [0.4, 0.5) is 5.82 Å². The zero-order valence-corrected chi connectivity index (χ0v) is 12.1. The van der Waals surface area contributed by atoms with Gasteiger partial charge in [0.2, 0.25) is 0 Å². The SMILES string of the molecule is CNc1ccc(Cl)c(C(=O)NC(C)Cc2ccco2)n1. The lowest BCUT2D eigenvalue weighted by Crippen LogP contribution is -2.34. The van der Waals surface area contributed by atoms with Crippen LogP contribution in [-0.2, 0) is 6.42 Å². The maximum Gasteiger partial charge on any atom is 0.271 e. The van der Waals surface area contributed by atoms with Crippen LogP contribution in [0.2, 0.25) is 5.02 Å². The van der Waals surface area contributed by atoms with E-state index in [4.69, 9.17) is 16.0 Å². The quantitative estimate of drug-likeness (QED) is 0.889. The van der Waals surface area contributed by atoms with Crippen molar-refractivity contribution in [3.05, 3.63) is 47.0 Å². The molecule has 2 rings (SSSR count). The van der Waals surface area contributed by atoms with Crippen molar-refractivity contribution >= 4 is 23.3 Å². The third kappa shape index (κ3) is 3.51. The molecule has 20 heavy (non-hydrogen) atoms. The highest BCUT2D eigenvalue weighted by atomic mass is 35.5. The lowest BCUT2D eigenvalue weighted by molar-refractivity contribution is 0.0934. The lowest BCUT2D eigenvalue weighted by Gasteiger charge is -2.13. The molecule has 0 spiro atoms. The summed E-state index contributed by atoms with van der Waals surface area (Å²) in [6.07, 6.45) is 2.22. The fourth-order valence-corrected chi connectivity index (χ4v) is 2.01. The van der Waals surface area contributed by atoms with Gasteiger partial charge in [0.15, 0.2) is 0 Å². The minimum atomic E-state index is -0.300. The number of nitrogens with zero attached hydrogens (tertiary/aromatic N) is 1. The van der Waals surface area contributed by atoms with Crippen molar-refractivity contribution < 1.29 is 9.21 Å². The zero-order chi connectivity index (χ0) is 14.5. The Bertz CT molecular complexity index is 584. The van der Waals surface area contributed by atoms with Crippen molar-refractivity contribution in [2.75, 3.05) is 12.4 Å². The maximum absolute atomic E-state index is 12.2. The molecule has 0 aliphatic rings. The van der Waals surface area contributed by atoms with E-state index in [0.717, 1.165) is 5.76 Å². The summed E-state index contributed by atoms with van der Waals surface area (Å²) in [5.41, 5.74) is 0.213. The number of carbonyl (C=O) groups excluding carboxylic acids is 1. The van der Waals surface area contributed by atoms with Gasteiger partial charge in [-0.15, -0.1) is 0 Å². The molecular weight excluding hydrogens is 278 g/mol. The van der Waals surface area contributed by atoms with Crippen molar-refractivity contribution in [2.24, 2.45) is 0 Å². The predicted octanol–water partition coefficient (Wildman–Crippen LogP) is 2.73. The van der Waals surface area contributed by atoms with Crippen molar-refractivity contribution in [3.63, 3.8) is 0 Å². The molecule has 0 bridgehead atoms. The van der Waals surface area contributed by atoms with Crippen LogP contribution in [0.3, 0.4) is 0 Å². The molecule has 0 fully saturated rings. The molecule has 2 aromatic heterocycles. The fourth-order valence-electron chi connectivity index (χ4n) is 1.81. The first-order valence-corrected chi connectivity index (χ1v) is 6.65. The molecule has 1 unspecified atom stereocenters. The smallest absolute Gasteiger partial charge is 0.271 e. The third-order valence-electron chi connectivity index (χ3n) is 2.78. The number of furan rings is 1. The molecule has 106 valence electrons. The summed E-state index contributed by atoms with van der Waals surface area (Å²) >= 11 is 6.00. The second-order valence-electron chi connectivity index (χ2n) is 4.43. The zero-order valence-electron chi connectivity index (χ0n) is 11.3. The van der Waals surface area contributed by atoms with E-state index in [1.165, 1.54) is 0 Å². The van der Waals surface area contributed by atoms with Gasteiger partial charge in [-0.1, -0.05) is 11.6 Å². The molecule has 0 aliphatic heterocycles. The normalized spacial score (nSPS) is 11.9. The van der Waals surface area contributed by atoms with Gasteiger partial charge in [0.25, 0.3) is 5.91 Å². The minimum absolute atomic E-state index is 0.0789. The van der Waals surface area contributed by atoms with Gasteiger partial charge in [-0.3, -0.25) is 4.79 Å². The van der Waals surface area contributed by atoms with E-state index in [1.807, 2.05) is 19.1 Å². The van der Waals surface area contributed by atoms with E-state index < -0.39 is 0 Å². The average molecular weight is 294 g/mol. The Labute approximate surface area is 122 Å². The summed E-state index contributed by atoms with van der Waals surface area (Å²) in [6.45, 7) is 1.90. The standard InChI is InChI=1S/C14H16ClN3O2/c1-9(8-10-4-3-7-20-10)17-14(19)13-11(15)5-6-12(16-2)18-13/h3-7,9H,8H2,1-2H3,(H,16,18)(H,17,19). The van der Waals surface area contributed by atoms with E-state index in [-0.39, 0.29) is 17.6 Å². The Morgan fingerprint density at radius 1 is 1.45 bits per heavy atom. The van der Waals surface area contributed by atoms with Gasteiger partial charge in [-0.25, -0.2) is 4.98 Å². The number of nitrogens with one attached hydrogen (secondary N) is 2. The topological polar surface area (TPSA) is 67.2 Å². The third-order valence-corrected chi connectivity index (χ3v) is 3.09. The highest BCUT2D eigenvalue weighted by Gasteiger charge is 2.16. The first-order chi connectivity index (χ1) is 9.60. The van der Waals surface area contributed by atoms with Gasteiger partial charge < -0.3 is 15.1 Å². The molecular formula is C14H16ClN3O2. The van der Waals surface area contributed by atoms with Crippen LogP contribution in [-0.4, -0.2) is 24.0 Å². The Morgan fingerprint density at radius 2 is 2.25 bits per heavy atom. The molecule has 0 saturated carbocycles. The summed E-state index contributed by atoms with van der Waals surface area (Å²) < 4.78 is 5.25. The Balaban J connectivity index is 2.04. The van der Waals surface area contributed by atoms with E-state index in [0.29, 0.717) is 17.3 Å². The van der Waals surface area contributed by atoms with Crippen LogP contribution in [0.25, 0.3) is 0 Å². The first-order valence-electron chi connectivity index (χ1n) is 6.27. The van der Waals surface area contributed by atoms with E-state index in [1.54, 1.807) is 25.4 Å². The number of hydrogen-bond acceptors (Lipinski definition) is 4. The van der Waals surface area contributed by atoms with Crippen LogP contribution in [0.1, 0.15) is 23.2 Å². The molecule has 2 aromatic rings. The van der Waals surface area contributed by atoms with E-state index in [9.17, 15) is 4.79 Å². The number of carbonyl (C=O) groups is 1. The van der Waals surface area contributed by atoms with Crippen molar-refractivity contribution in [1.82, 2.24) is 10.3 Å². The van der Waals surface area contributed by atoms with E-state index in [2.05, 4.69) is 15.6 Å². The second kappa shape index (κ2) is 6.43. The predicted molar refractivity (Wildman–Crippen MR) is 78.1 cm³/mol. The molecule has 0 aliphatic carbocycles. The highest BCUT2D eigenvalue weighted by molar-refractivity contribution is 6.33. The number of hydrogen-bond donors (Lipinski definition) is 2. The van der Waals surface area contributed by atoms with Crippen molar-refractivity contribution in [3.8, 4) is 0 Å². The van der Waals surface area contributed by atoms with Gasteiger partial charge in [-0.05, 0) is 31.2 Å². The fraction of sp³-hybridized carbons (Fsp3) is 0.286. The molecule has 0 radical (unpaired) electrons. The molecule has 6 heteroatoms. The summed E-state index contributed by atoms with van der Waals surface area (Å²) in [5, 5.41) is 6.05. The first kappa shape index (κ1) is 14.4. The molecule has 5 nitrogen and oxygen atoms in total. The Kier molecular flexibility index (Phi) is 4.63. The second-order valence-corrected chi connectivity index (χ2v) is 4.84. The molecule has 0 aromatic carbocycles. The van der Waals surface area contributed by atoms with Crippen LogP contribution in [0.5, 0.6) is 0 Å². The summed E-state index contributed by atoms with van der Waals surface area (Å²) in [4.78, 5) is 16.3. The number of amides is 1. The number of halogens is 1. The minimum Gasteiger partial charge on any atom is -0.469 e. The van der Waals surface area contributed by atoms with E-state index >= 15 is 0 Å². The molecule has 0 saturated heterocycles. The van der Waals surface area contributed by atoms with Crippen LogP contribution in [0.15, 0.2) is 34.9 Å². The van der Waals surface area contributed by atoms with Crippen LogP contribution < -0.4 is 10.6 Å². The number of pyridine rings is 1. The monoisotopic (exact) mass is 293 g/mol. The largest absolute Gasteiger partial charge is 0.469 e. The number of rotatable bonds is 5. The Morgan fingerprint density at radius 3 is 2.90 bits per heavy atom. The van der Waals surface area contributed by atoms with Gasteiger partial charge in [0.05, 0.1) is 11.3 Å². The van der Waals surface area contributed by atoms with Gasteiger partial charge >= 0.3 is 0 Å². The molecule has 2 N–H and O–H groups in total. The van der Waals surface area contributed by atoms with Gasteiger partial charge in [-0.2, -0.15) is 0 Å². The average Bonchev–Trinajstić information content (AvgIpc) is 2.91. The van der Waals surface area contributed by atoms with Crippen molar-refractivity contribution in [1.29, 1.82) is 0 Å². The van der Waals surface area contributed by atoms with Gasteiger partial charge in [0.1, 0.15) is 17.3 Å². The summed E-state index contributed by atoms with van der Waals surface area (Å²) in [7, 11) is 1.73. The summed E-state index contributed by atoms with van der Waals surface area (Å²) in [5.74, 6) is 1.12. The number of anilines is 1. The molecule has 1 amide bonds. The lowest BCUT2D eigenvalue weighted by atomic mass is 10.2. The van der Waals surface area contributed by atoms with Crippen molar-refractivity contribution in [2.45, 2.75) is 19.4 Å². The molecule has 2 heterocycles. The van der Waals surface area contributed by atoms with Gasteiger partial charge in [0, 0.05) is 19.5 Å². The number of aromatic nitrogens is 1. The Hall–Kier alpha value is -2.01. The molecule has 1 atom stereocenters.